The molecular weight excluding hydrogens is 318 g/mol. The molecule has 25 heavy (non-hydrogen) atoms. The molecule has 5 heteroatoms. The third-order valence-electron chi connectivity index (χ3n) is 4.31. The smallest absolute Gasteiger partial charge is 0.307 e. The van der Waals surface area contributed by atoms with Crippen LogP contribution < -0.4 is 0 Å². The number of hydrogen-bond donors (Lipinski definition) is 1. The first-order valence-corrected chi connectivity index (χ1v) is 9.85. The molecule has 0 aliphatic carbocycles. The summed E-state index contributed by atoms with van der Waals surface area (Å²) < 4.78 is 5.96. The topological polar surface area (TPSA) is 63.6 Å². The second kappa shape index (κ2) is 13.2. The second-order valence-corrected chi connectivity index (χ2v) is 8.38. The van der Waals surface area contributed by atoms with Gasteiger partial charge in [-0.15, -0.1) is 0 Å². The summed E-state index contributed by atoms with van der Waals surface area (Å²) in [6.45, 7) is 5.06. The molecule has 0 aromatic carbocycles. The van der Waals surface area contributed by atoms with Crippen molar-refractivity contribution < 1.29 is 23.9 Å². The molecule has 2 unspecified atom stereocenters. The van der Waals surface area contributed by atoms with E-state index in [4.69, 9.17) is 9.84 Å². The minimum absolute atomic E-state index is 0.128. The van der Waals surface area contributed by atoms with Crippen LogP contribution in [0.15, 0.2) is 0 Å². The molecule has 0 radical (unpaired) electrons. The van der Waals surface area contributed by atoms with E-state index < -0.39 is 12.1 Å². The maximum atomic E-state index is 11.9. The molecular formula is C20H40NO4+. The van der Waals surface area contributed by atoms with Gasteiger partial charge in [-0.05, 0) is 12.3 Å². The van der Waals surface area contributed by atoms with Crippen LogP contribution in [0.3, 0.4) is 0 Å². The van der Waals surface area contributed by atoms with Gasteiger partial charge in [-0.3, -0.25) is 9.59 Å². The van der Waals surface area contributed by atoms with Crippen molar-refractivity contribution in [1.29, 1.82) is 0 Å². The van der Waals surface area contributed by atoms with Crippen molar-refractivity contribution in [2.75, 3.05) is 27.7 Å². The van der Waals surface area contributed by atoms with Crippen LogP contribution in [0, 0.1) is 5.92 Å². The van der Waals surface area contributed by atoms with Crippen molar-refractivity contribution in [3.8, 4) is 0 Å². The summed E-state index contributed by atoms with van der Waals surface area (Å²) in [6.07, 6.45) is 9.12. The van der Waals surface area contributed by atoms with Crippen LogP contribution in [0.1, 0.15) is 78.1 Å². The van der Waals surface area contributed by atoms with Gasteiger partial charge >= 0.3 is 11.9 Å². The van der Waals surface area contributed by atoms with E-state index in [1.165, 1.54) is 32.1 Å². The summed E-state index contributed by atoms with van der Waals surface area (Å²) in [4.78, 5) is 22.9. The summed E-state index contributed by atoms with van der Waals surface area (Å²) in [6, 6.07) is 0. The lowest BCUT2D eigenvalue weighted by Crippen LogP contribution is -2.43. The molecule has 0 aromatic rings. The fourth-order valence-electron chi connectivity index (χ4n) is 3.12. The molecule has 0 amide bonds. The van der Waals surface area contributed by atoms with Crippen molar-refractivity contribution in [2.24, 2.45) is 5.92 Å². The predicted molar refractivity (Wildman–Crippen MR) is 101 cm³/mol. The molecule has 2 atom stereocenters. The average molecular weight is 359 g/mol. The Morgan fingerprint density at radius 3 is 2.16 bits per heavy atom. The highest BCUT2D eigenvalue weighted by Gasteiger charge is 2.24. The first kappa shape index (κ1) is 23.9. The fraction of sp³-hybridized carbons (Fsp3) is 0.900. The third-order valence-corrected chi connectivity index (χ3v) is 4.31. The Hall–Kier alpha value is -1.10. The van der Waals surface area contributed by atoms with Gasteiger partial charge in [0.1, 0.15) is 6.54 Å². The molecule has 0 aromatic heterocycles. The second-order valence-electron chi connectivity index (χ2n) is 8.38. The highest BCUT2D eigenvalue weighted by Crippen LogP contribution is 2.16. The highest BCUT2D eigenvalue weighted by molar-refractivity contribution is 5.71. The van der Waals surface area contributed by atoms with E-state index in [0.717, 1.165) is 25.2 Å². The van der Waals surface area contributed by atoms with Gasteiger partial charge in [0.05, 0.1) is 27.6 Å². The Bertz CT molecular complexity index is 376. The van der Waals surface area contributed by atoms with Crippen LogP contribution in [0.25, 0.3) is 0 Å². The molecule has 1 N–H and O–H groups in total. The zero-order valence-corrected chi connectivity index (χ0v) is 17.1. The van der Waals surface area contributed by atoms with Gasteiger partial charge in [-0.25, -0.2) is 0 Å². The number of carbonyl (C=O) groups excluding carboxylic acids is 1. The summed E-state index contributed by atoms with van der Waals surface area (Å²) in [5, 5.41) is 8.96. The maximum absolute atomic E-state index is 11.9. The minimum Gasteiger partial charge on any atom is -0.481 e. The lowest BCUT2D eigenvalue weighted by Gasteiger charge is -2.28. The summed E-state index contributed by atoms with van der Waals surface area (Å²) in [7, 11) is 5.89. The van der Waals surface area contributed by atoms with Gasteiger partial charge in [0.25, 0.3) is 0 Å². The first-order chi connectivity index (χ1) is 11.6. The number of unbranched alkanes of at least 4 members (excludes halogenated alkanes) is 4. The van der Waals surface area contributed by atoms with E-state index in [0.29, 0.717) is 17.4 Å². The monoisotopic (exact) mass is 358 g/mol. The molecule has 0 fully saturated rings. The van der Waals surface area contributed by atoms with E-state index in [2.05, 4.69) is 13.8 Å². The van der Waals surface area contributed by atoms with Gasteiger partial charge < -0.3 is 14.3 Å². The number of carboxylic acids is 1. The molecule has 0 saturated heterocycles. The number of hydrogen-bond acceptors (Lipinski definition) is 3. The summed E-state index contributed by atoms with van der Waals surface area (Å²) >= 11 is 0. The highest BCUT2D eigenvalue weighted by atomic mass is 16.5. The van der Waals surface area contributed by atoms with Crippen LogP contribution in [0.2, 0.25) is 0 Å². The standard InChI is InChI=1S/C20H39NO4/c1-6-12-17(2)13-10-8-7-9-11-14-20(24)25-18(15-19(22)23)16-21(3,4)5/h17-18H,6-16H2,1-5H3/p+1. The summed E-state index contributed by atoms with van der Waals surface area (Å²) in [5.41, 5.74) is 0. The normalized spacial score (nSPS) is 14.1. The average Bonchev–Trinajstić information content (AvgIpc) is 2.43. The third kappa shape index (κ3) is 16.1. The number of nitrogens with zero attached hydrogens (tertiary/aromatic N) is 1. The Morgan fingerprint density at radius 1 is 1.00 bits per heavy atom. The number of aliphatic carboxylic acids is 1. The number of rotatable bonds is 15. The summed E-state index contributed by atoms with van der Waals surface area (Å²) in [5.74, 6) is -0.368. The number of ether oxygens (including phenoxy) is 1. The molecule has 0 saturated carbocycles. The number of esters is 1. The number of likely N-dealkylation sites (N-methyl/N-ethyl adjacent to an activating group) is 1. The molecule has 148 valence electrons. The Kier molecular flexibility index (Phi) is 12.6. The minimum atomic E-state index is -0.927. The molecule has 0 bridgehead atoms. The zero-order chi connectivity index (χ0) is 19.3. The number of quaternary nitrogens is 1. The van der Waals surface area contributed by atoms with E-state index in [1.54, 1.807) is 0 Å². The number of carbonyl (C=O) groups is 2. The van der Waals surface area contributed by atoms with Gasteiger partial charge in [0.2, 0.25) is 0 Å². The number of carboxylic acid groups (broad SMARTS) is 1. The maximum Gasteiger partial charge on any atom is 0.307 e. The molecule has 5 nitrogen and oxygen atoms in total. The lowest BCUT2D eigenvalue weighted by molar-refractivity contribution is -0.873. The molecule has 0 aliphatic rings. The van der Waals surface area contributed by atoms with Gasteiger partial charge in [-0.2, -0.15) is 0 Å². The van der Waals surface area contributed by atoms with Crippen LogP contribution in [0.4, 0.5) is 0 Å². The van der Waals surface area contributed by atoms with Gasteiger partial charge in [0.15, 0.2) is 6.10 Å². The molecule has 0 aliphatic heterocycles. The van der Waals surface area contributed by atoms with E-state index in [-0.39, 0.29) is 12.4 Å². The largest absolute Gasteiger partial charge is 0.481 e. The van der Waals surface area contributed by atoms with Gasteiger partial charge in [0, 0.05) is 6.42 Å². The van der Waals surface area contributed by atoms with E-state index in [9.17, 15) is 9.59 Å². The SMILES string of the molecule is CCCC(C)CCCCCCCC(=O)OC(CC(=O)O)C[N+](C)(C)C. The quantitative estimate of drug-likeness (QED) is 0.270. The molecule has 0 spiro atoms. The zero-order valence-electron chi connectivity index (χ0n) is 17.1. The van der Waals surface area contributed by atoms with Crippen molar-refractivity contribution in [3.05, 3.63) is 0 Å². The van der Waals surface area contributed by atoms with Crippen LogP contribution in [0.5, 0.6) is 0 Å². The van der Waals surface area contributed by atoms with Crippen LogP contribution in [-0.2, 0) is 14.3 Å². The molecule has 0 heterocycles. The lowest BCUT2D eigenvalue weighted by atomic mass is 9.98. The van der Waals surface area contributed by atoms with Crippen molar-refractivity contribution in [1.82, 2.24) is 0 Å². The van der Waals surface area contributed by atoms with Crippen molar-refractivity contribution in [3.63, 3.8) is 0 Å². The first-order valence-electron chi connectivity index (χ1n) is 9.85. The Labute approximate surface area is 154 Å². The van der Waals surface area contributed by atoms with Gasteiger partial charge in [-0.1, -0.05) is 58.8 Å². The molecule has 0 rings (SSSR count). The van der Waals surface area contributed by atoms with E-state index in [1.807, 2.05) is 21.1 Å². The van der Waals surface area contributed by atoms with Crippen LogP contribution in [-0.4, -0.2) is 55.3 Å². The predicted octanol–water partition coefficient (Wildman–Crippen LogP) is 4.25. The Balaban J connectivity index is 3.87. The Morgan fingerprint density at radius 2 is 1.60 bits per heavy atom. The van der Waals surface area contributed by atoms with Crippen molar-refractivity contribution in [2.45, 2.75) is 84.2 Å². The van der Waals surface area contributed by atoms with Crippen LogP contribution >= 0.6 is 0 Å². The van der Waals surface area contributed by atoms with Crippen molar-refractivity contribution >= 4 is 11.9 Å². The fourth-order valence-corrected chi connectivity index (χ4v) is 3.12. The van der Waals surface area contributed by atoms with E-state index >= 15 is 0 Å².